The highest BCUT2D eigenvalue weighted by atomic mass is 16.5. The SMILES string of the molecule is COCC1(NCC(O)c2ccc(O)c3[nH]c(=O)ccc23)Cc2ccccc2C1. The summed E-state index contributed by atoms with van der Waals surface area (Å²) in [5.74, 6) is -0.0151. The molecule has 1 heterocycles. The van der Waals surface area contributed by atoms with Crippen molar-refractivity contribution in [2.75, 3.05) is 20.3 Å². The Kier molecular flexibility index (Phi) is 4.93. The number of H-pyrrole nitrogens is 1. The minimum Gasteiger partial charge on any atom is -0.506 e. The highest BCUT2D eigenvalue weighted by molar-refractivity contribution is 5.87. The Labute approximate surface area is 162 Å². The number of pyridine rings is 1. The van der Waals surface area contributed by atoms with Gasteiger partial charge in [0.15, 0.2) is 0 Å². The van der Waals surface area contributed by atoms with Gasteiger partial charge in [-0.25, -0.2) is 0 Å². The number of hydrogen-bond acceptors (Lipinski definition) is 5. The minimum absolute atomic E-state index is 0.0151. The van der Waals surface area contributed by atoms with Crippen LogP contribution in [-0.2, 0) is 17.6 Å². The Morgan fingerprint density at radius 3 is 2.54 bits per heavy atom. The molecule has 0 spiro atoms. The summed E-state index contributed by atoms with van der Waals surface area (Å²) in [6.07, 6.45) is 0.882. The molecule has 3 aromatic rings. The highest BCUT2D eigenvalue weighted by Crippen LogP contribution is 2.32. The van der Waals surface area contributed by atoms with Gasteiger partial charge in [-0.15, -0.1) is 0 Å². The summed E-state index contributed by atoms with van der Waals surface area (Å²) in [5, 5.41) is 25.0. The minimum atomic E-state index is -0.800. The third-order valence-corrected chi connectivity index (χ3v) is 5.53. The molecule has 4 N–H and O–H groups in total. The summed E-state index contributed by atoms with van der Waals surface area (Å²) in [4.78, 5) is 14.2. The van der Waals surface area contributed by atoms with E-state index in [4.69, 9.17) is 4.74 Å². The Bertz CT molecular complexity index is 1030. The lowest BCUT2D eigenvalue weighted by atomic mass is 9.95. The van der Waals surface area contributed by atoms with Gasteiger partial charge in [0.1, 0.15) is 5.75 Å². The molecule has 6 nitrogen and oxygen atoms in total. The number of aromatic hydroxyl groups is 1. The summed E-state index contributed by atoms with van der Waals surface area (Å²) in [5.41, 5.74) is 3.03. The second kappa shape index (κ2) is 7.39. The molecule has 6 heteroatoms. The summed E-state index contributed by atoms with van der Waals surface area (Å²) in [7, 11) is 1.69. The molecular formula is C22H24N2O4. The smallest absolute Gasteiger partial charge is 0.248 e. The summed E-state index contributed by atoms with van der Waals surface area (Å²) in [6, 6.07) is 14.6. The number of benzene rings is 2. The van der Waals surface area contributed by atoms with Gasteiger partial charge in [0, 0.05) is 30.6 Å². The number of fused-ring (bicyclic) bond motifs is 2. The number of β-amino-alcohol motifs (C(OH)–C–C–N with tert-alkyl or cyclic N) is 1. The second-order valence-corrected chi connectivity index (χ2v) is 7.52. The number of aliphatic hydroxyl groups excluding tert-OH is 1. The third kappa shape index (κ3) is 3.42. The Morgan fingerprint density at radius 1 is 1.14 bits per heavy atom. The van der Waals surface area contributed by atoms with Gasteiger partial charge in [-0.3, -0.25) is 4.79 Å². The van der Waals surface area contributed by atoms with Gasteiger partial charge in [-0.1, -0.05) is 30.3 Å². The van der Waals surface area contributed by atoms with E-state index in [2.05, 4.69) is 22.4 Å². The zero-order valence-electron chi connectivity index (χ0n) is 15.7. The van der Waals surface area contributed by atoms with Crippen LogP contribution in [0.4, 0.5) is 0 Å². The van der Waals surface area contributed by atoms with Crippen LogP contribution < -0.4 is 10.9 Å². The van der Waals surface area contributed by atoms with Crippen molar-refractivity contribution in [3.8, 4) is 5.75 Å². The van der Waals surface area contributed by atoms with E-state index in [9.17, 15) is 15.0 Å². The van der Waals surface area contributed by atoms with Crippen LogP contribution in [0.3, 0.4) is 0 Å². The monoisotopic (exact) mass is 380 g/mol. The Balaban J connectivity index is 1.57. The van der Waals surface area contributed by atoms with Gasteiger partial charge in [0.25, 0.3) is 0 Å². The number of nitrogens with one attached hydrogen (secondary N) is 2. The number of aromatic amines is 1. The van der Waals surface area contributed by atoms with Crippen LogP contribution in [0.2, 0.25) is 0 Å². The number of rotatable bonds is 6. The number of aliphatic hydroxyl groups is 1. The summed E-state index contributed by atoms with van der Waals surface area (Å²) >= 11 is 0. The van der Waals surface area contributed by atoms with Crippen LogP contribution in [-0.4, -0.2) is 41.0 Å². The number of aromatic nitrogens is 1. The molecule has 146 valence electrons. The van der Waals surface area contributed by atoms with Crippen LogP contribution in [0.25, 0.3) is 10.9 Å². The van der Waals surface area contributed by atoms with Gasteiger partial charge in [-0.05, 0) is 41.7 Å². The molecule has 1 unspecified atom stereocenters. The number of phenols is 1. The van der Waals surface area contributed by atoms with Gasteiger partial charge in [0.2, 0.25) is 5.56 Å². The molecule has 1 aromatic heterocycles. The maximum absolute atomic E-state index is 11.6. The van der Waals surface area contributed by atoms with Gasteiger partial charge < -0.3 is 25.3 Å². The molecule has 1 aliphatic carbocycles. The fraction of sp³-hybridized carbons (Fsp3) is 0.318. The summed E-state index contributed by atoms with van der Waals surface area (Å²) in [6.45, 7) is 0.869. The van der Waals surface area contributed by atoms with Crippen LogP contribution in [0.5, 0.6) is 5.75 Å². The fourth-order valence-electron chi connectivity index (χ4n) is 4.22. The molecule has 0 aliphatic heterocycles. The van der Waals surface area contributed by atoms with Gasteiger partial charge in [0.05, 0.1) is 18.2 Å². The fourth-order valence-corrected chi connectivity index (χ4v) is 4.22. The van der Waals surface area contributed by atoms with Crippen molar-refractivity contribution < 1.29 is 14.9 Å². The molecule has 0 bridgehead atoms. The molecule has 28 heavy (non-hydrogen) atoms. The van der Waals surface area contributed by atoms with Crippen LogP contribution in [0.1, 0.15) is 22.8 Å². The first-order valence-corrected chi connectivity index (χ1v) is 9.35. The number of ether oxygens (including phenoxy) is 1. The van der Waals surface area contributed by atoms with Crippen molar-refractivity contribution in [1.82, 2.24) is 10.3 Å². The van der Waals surface area contributed by atoms with E-state index in [1.165, 1.54) is 23.3 Å². The molecule has 1 atom stereocenters. The molecule has 1 aliphatic rings. The number of methoxy groups -OCH3 is 1. The van der Waals surface area contributed by atoms with E-state index in [-0.39, 0.29) is 16.8 Å². The van der Waals surface area contributed by atoms with Crippen molar-refractivity contribution in [3.05, 3.63) is 75.6 Å². The maximum atomic E-state index is 11.6. The first kappa shape index (κ1) is 18.7. The Hall–Kier alpha value is -2.67. The quantitative estimate of drug-likeness (QED) is 0.525. The topological polar surface area (TPSA) is 94.6 Å². The van der Waals surface area contributed by atoms with Crippen molar-refractivity contribution in [1.29, 1.82) is 0 Å². The predicted octanol–water partition coefficient (Wildman–Crippen LogP) is 2.04. The van der Waals surface area contributed by atoms with Crippen molar-refractivity contribution in [2.45, 2.75) is 24.5 Å². The summed E-state index contributed by atoms with van der Waals surface area (Å²) < 4.78 is 5.48. The molecule has 0 saturated heterocycles. The van der Waals surface area contributed by atoms with Crippen LogP contribution in [0.15, 0.2) is 53.3 Å². The molecule has 0 saturated carbocycles. The van der Waals surface area contributed by atoms with Crippen molar-refractivity contribution >= 4 is 10.9 Å². The van der Waals surface area contributed by atoms with E-state index >= 15 is 0 Å². The number of phenolic OH excluding ortho intramolecular Hbond substituents is 1. The normalized spacial score (nSPS) is 16.2. The van der Waals surface area contributed by atoms with Crippen molar-refractivity contribution in [2.24, 2.45) is 0 Å². The number of hydrogen-bond donors (Lipinski definition) is 4. The Morgan fingerprint density at radius 2 is 1.86 bits per heavy atom. The first-order chi connectivity index (χ1) is 13.5. The van der Waals surface area contributed by atoms with E-state index in [1.807, 2.05) is 12.1 Å². The largest absolute Gasteiger partial charge is 0.506 e. The average Bonchev–Trinajstić information content (AvgIpc) is 3.05. The van der Waals surface area contributed by atoms with Crippen LogP contribution >= 0.6 is 0 Å². The molecule has 0 amide bonds. The standard InChI is InChI=1S/C22H24N2O4/c1-28-13-22(10-14-4-2-3-5-15(14)11-22)23-12-19(26)16-6-8-18(25)21-17(16)7-9-20(27)24-21/h2-9,19,23,25-26H,10-13H2,1H3,(H,24,27). The second-order valence-electron chi connectivity index (χ2n) is 7.52. The lowest BCUT2D eigenvalue weighted by molar-refractivity contribution is 0.0949. The van der Waals surface area contributed by atoms with Gasteiger partial charge in [-0.2, -0.15) is 0 Å². The third-order valence-electron chi connectivity index (χ3n) is 5.53. The van der Waals surface area contributed by atoms with E-state index in [0.29, 0.717) is 29.6 Å². The lowest BCUT2D eigenvalue weighted by Crippen LogP contribution is -2.51. The first-order valence-electron chi connectivity index (χ1n) is 9.35. The molecule has 4 rings (SSSR count). The van der Waals surface area contributed by atoms with Crippen molar-refractivity contribution in [3.63, 3.8) is 0 Å². The lowest BCUT2D eigenvalue weighted by Gasteiger charge is -2.31. The maximum Gasteiger partial charge on any atom is 0.248 e. The zero-order chi connectivity index (χ0) is 19.7. The average molecular weight is 380 g/mol. The predicted molar refractivity (Wildman–Crippen MR) is 108 cm³/mol. The molecule has 0 fully saturated rings. The van der Waals surface area contributed by atoms with E-state index in [1.54, 1.807) is 19.2 Å². The van der Waals surface area contributed by atoms with Crippen LogP contribution in [0, 0.1) is 0 Å². The van der Waals surface area contributed by atoms with E-state index in [0.717, 1.165) is 12.8 Å². The molecule has 0 radical (unpaired) electrons. The zero-order valence-corrected chi connectivity index (χ0v) is 15.7. The van der Waals surface area contributed by atoms with Gasteiger partial charge >= 0.3 is 0 Å². The molecular weight excluding hydrogens is 356 g/mol. The van der Waals surface area contributed by atoms with E-state index < -0.39 is 6.10 Å². The molecule has 2 aromatic carbocycles. The highest BCUT2D eigenvalue weighted by Gasteiger charge is 2.37.